The van der Waals surface area contributed by atoms with Crippen molar-refractivity contribution in [3.63, 3.8) is 0 Å². The highest BCUT2D eigenvalue weighted by atomic mass is 35.5. The van der Waals surface area contributed by atoms with Crippen molar-refractivity contribution in [2.75, 3.05) is 58.5 Å². The molecule has 1 N–H and O–H groups in total. The number of carbonyl (C=O) groups is 1. The molecule has 0 amide bonds. The molecule has 0 saturated carbocycles. The maximum atomic E-state index is 12.1. The molecular weight excluding hydrogens is 531 g/mol. The molecule has 0 unspecified atom stereocenters. The van der Waals surface area contributed by atoms with Gasteiger partial charge in [0.15, 0.2) is 0 Å². The average Bonchev–Trinajstić information content (AvgIpc) is 3.30. The minimum atomic E-state index is -0.871. The van der Waals surface area contributed by atoms with Crippen LogP contribution in [-0.4, -0.2) is 84.1 Å². The molecule has 4 heterocycles. The fraction of sp³-hybridized carbons (Fsp3) is 0.462. The molecular formula is C26H34Cl2N6O4. The summed E-state index contributed by atoms with van der Waals surface area (Å²) < 4.78 is 13.1. The normalized spacial score (nSPS) is 14.4. The van der Waals surface area contributed by atoms with Crippen molar-refractivity contribution < 1.29 is 19.4 Å². The second-order valence-electron chi connectivity index (χ2n) is 9.32. The fourth-order valence-electron chi connectivity index (χ4n) is 4.48. The van der Waals surface area contributed by atoms with Gasteiger partial charge in [-0.05, 0) is 52.1 Å². The van der Waals surface area contributed by atoms with Crippen molar-refractivity contribution in [1.29, 1.82) is 5.26 Å². The largest absolute Gasteiger partial charge is 0.492 e. The Morgan fingerprint density at radius 3 is 2.55 bits per heavy atom. The van der Waals surface area contributed by atoms with Gasteiger partial charge in [0.25, 0.3) is 0 Å². The molecule has 1 aliphatic heterocycles. The van der Waals surface area contributed by atoms with Crippen LogP contribution >= 0.6 is 24.8 Å². The van der Waals surface area contributed by atoms with Crippen molar-refractivity contribution in [2.24, 2.45) is 5.41 Å². The van der Waals surface area contributed by atoms with Gasteiger partial charge in [-0.2, -0.15) is 10.4 Å². The SMILES string of the molecule is CCOc1cc(-c2ccc(N3CCC(COCCN(C)C)(C(=O)O)CC3)nc2)c2c(C#N)cnn2c1.Cl.Cl. The van der Waals surface area contributed by atoms with E-state index >= 15 is 0 Å². The molecule has 1 saturated heterocycles. The Bertz CT molecular complexity index is 1250. The summed E-state index contributed by atoms with van der Waals surface area (Å²) in [4.78, 5) is 20.9. The zero-order valence-corrected chi connectivity index (χ0v) is 23.4. The van der Waals surface area contributed by atoms with Crippen LogP contribution in [0.5, 0.6) is 5.75 Å². The molecule has 10 nitrogen and oxygen atoms in total. The summed E-state index contributed by atoms with van der Waals surface area (Å²) in [6.07, 6.45) is 6.07. The Morgan fingerprint density at radius 1 is 1.24 bits per heavy atom. The van der Waals surface area contributed by atoms with Gasteiger partial charge in [-0.25, -0.2) is 9.50 Å². The quantitative estimate of drug-likeness (QED) is 0.367. The minimum absolute atomic E-state index is 0. The highest BCUT2D eigenvalue weighted by Gasteiger charge is 2.42. The number of hydrogen-bond donors (Lipinski definition) is 1. The van der Waals surface area contributed by atoms with Crippen LogP contribution in [0.3, 0.4) is 0 Å². The predicted octanol–water partition coefficient (Wildman–Crippen LogP) is 3.76. The Hall–Kier alpha value is -3.10. The van der Waals surface area contributed by atoms with Crippen molar-refractivity contribution in [2.45, 2.75) is 19.8 Å². The Labute approximate surface area is 235 Å². The topological polar surface area (TPSA) is 116 Å². The van der Waals surface area contributed by atoms with E-state index in [0.717, 1.165) is 23.5 Å². The smallest absolute Gasteiger partial charge is 0.312 e. The van der Waals surface area contributed by atoms with Gasteiger partial charge in [0.1, 0.15) is 17.6 Å². The molecule has 3 aromatic heterocycles. The van der Waals surface area contributed by atoms with E-state index in [0.29, 0.717) is 56.0 Å². The highest BCUT2D eigenvalue weighted by Crippen LogP contribution is 2.35. The molecule has 1 aliphatic rings. The van der Waals surface area contributed by atoms with Crippen molar-refractivity contribution in [3.8, 4) is 22.9 Å². The summed E-state index contributed by atoms with van der Waals surface area (Å²) in [7, 11) is 3.92. The molecule has 0 radical (unpaired) electrons. The number of carboxylic acids is 1. The van der Waals surface area contributed by atoms with Gasteiger partial charge in [0, 0.05) is 37.0 Å². The van der Waals surface area contributed by atoms with Crippen LogP contribution in [0, 0.1) is 16.7 Å². The van der Waals surface area contributed by atoms with E-state index in [4.69, 9.17) is 9.47 Å². The third-order valence-electron chi connectivity index (χ3n) is 6.64. The minimum Gasteiger partial charge on any atom is -0.492 e. The van der Waals surface area contributed by atoms with Crippen LogP contribution in [-0.2, 0) is 9.53 Å². The second kappa shape index (κ2) is 13.6. The number of nitrogens with zero attached hydrogens (tertiary/aromatic N) is 6. The molecule has 0 aromatic carbocycles. The molecule has 0 aliphatic carbocycles. The number of carboxylic acid groups (broad SMARTS) is 1. The van der Waals surface area contributed by atoms with E-state index < -0.39 is 11.4 Å². The molecule has 0 atom stereocenters. The van der Waals surface area contributed by atoms with Gasteiger partial charge >= 0.3 is 5.97 Å². The fourth-order valence-corrected chi connectivity index (χ4v) is 4.48. The van der Waals surface area contributed by atoms with E-state index in [1.54, 1.807) is 23.1 Å². The number of aromatic nitrogens is 3. The highest BCUT2D eigenvalue weighted by molar-refractivity contribution is 5.86. The summed E-state index contributed by atoms with van der Waals surface area (Å²) >= 11 is 0. The molecule has 4 rings (SSSR count). The first-order valence-corrected chi connectivity index (χ1v) is 12.1. The predicted molar refractivity (Wildman–Crippen MR) is 150 cm³/mol. The first-order chi connectivity index (χ1) is 17.4. The molecule has 206 valence electrons. The van der Waals surface area contributed by atoms with Crippen molar-refractivity contribution in [1.82, 2.24) is 19.5 Å². The molecule has 1 fully saturated rings. The summed E-state index contributed by atoms with van der Waals surface area (Å²) in [5.74, 6) is 0.644. The van der Waals surface area contributed by atoms with Crippen LogP contribution in [0.1, 0.15) is 25.3 Å². The van der Waals surface area contributed by atoms with Crippen LogP contribution in [0.2, 0.25) is 0 Å². The monoisotopic (exact) mass is 564 g/mol. The number of aliphatic carboxylic acids is 1. The van der Waals surface area contributed by atoms with E-state index in [9.17, 15) is 15.2 Å². The van der Waals surface area contributed by atoms with Crippen LogP contribution < -0.4 is 9.64 Å². The van der Waals surface area contributed by atoms with Gasteiger partial charge in [-0.1, -0.05) is 0 Å². The molecule has 0 spiro atoms. The van der Waals surface area contributed by atoms with Crippen LogP contribution in [0.4, 0.5) is 5.82 Å². The summed E-state index contributed by atoms with van der Waals surface area (Å²) in [6, 6.07) is 8.00. The Morgan fingerprint density at radius 2 is 1.97 bits per heavy atom. The van der Waals surface area contributed by atoms with Crippen LogP contribution in [0.15, 0.2) is 36.8 Å². The lowest BCUT2D eigenvalue weighted by molar-refractivity contribution is -0.154. The van der Waals surface area contributed by atoms with Gasteiger partial charge in [0.05, 0.1) is 48.7 Å². The number of rotatable bonds is 10. The molecule has 3 aromatic rings. The lowest BCUT2D eigenvalue weighted by atomic mass is 9.79. The van der Waals surface area contributed by atoms with Gasteiger partial charge < -0.3 is 24.4 Å². The molecule has 38 heavy (non-hydrogen) atoms. The average molecular weight is 566 g/mol. The summed E-state index contributed by atoms with van der Waals surface area (Å²) in [5.41, 5.74) is 1.96. The number of nitriles is 1. The number of pyridine rings is 2. The number of likely N-dealkylation sites (N-methyl/N-ethyl adjacent to an activating group) is 1. The molecule has 0 bridgehead atoms. The maximum Gasteiger partial charge on any atom is 0.312 e. The van der Waals surface area contributed by atoms with E-state index in [1.165, 1.54) is 0 Å². The van der Waals surface area contributed by atoms with Gasteiger partial charge in [0.2, 0.25) is 0 Å². The first kappa shape index (κ1) is 31.1. The molecule has 12 heteroatoms. The third-order valence-corrected chi connectivity index (χ3v) is 6.64. The van der Waals surface area contributed by atoms with Crippen LogP contribution in [0.25, 0.3) is 16.6 Å². The van der Waals surface area contributed by atoms with Gasteiger partial charge in [-0.3, -0.25) is 4.79 Å². The number of anilines is 1. The number of ether oxygens (including phenoxy) is 2. The Kier molecular flexibility index (Phi) is 11.2. The second-order valence-corrected chi connectivity index (χ2v) is 9.32. The number of hydrogen-bond acceptors (Lipinski definition) is 8. The number of piperidine rings is 1. The standard InChI is InChI=1S/C26H32N6O4.2ClH/c1-4-36-21-13-22(24-20(14-27)16-29-32(24)17-21)19-5-6-23(28-15-19)31-9-7-26(8-10-31,25(33)34)18-35-12-11-30(2)3;;/h5-6,13,15-17H,4,7-12,18H2,1-3H3,(H,33,34);2*1H. The summed E-state index contributed by atoms with van der Waals surface area (Å²) in [6.45, 7) is 5.08. The van der Waals surface area contributed by atoms with Crippen molar-refractivity contribution >= 4 is 42.1 Å². The van der Waals surface area contributed by atoms with Crippen molar-refractivity contribution in [3.05, 3.63) is 42.4 Å². The lowest BCUT2D eigenvalue weighted by Gasteiger charge is -2.39. The van der Waals surface area contributed by atoms with E-state index in [2.05, 4.69) is 21.1 Å². The summed E-state index contributed by atoms with van der Waals surface area (Å²) in [5, 5.41) is 23.8. The maximum absolute atomic E-state index is 12.1. The van der Waals surface area contributed by atoms with Gasteiger partial charge in [-0.15, -0.1) is 24.8 Å². The van der Waals surface area contributed by atoms with E-state index in [1.807, 2.05) is 44.1 Å². The number of fused-ring (bicyclic) bond motifs is 1. The zero-order valence-electron chi connectivity index (χ0n) is 21.8. The zero-order chi connectivity index (χ0) is 25.7. The van der Waals surface area contributed by atoms with E-state index in [-0.39, 0.29) is 31.4 Å². The lowest BCUT2D eigenvalue weighted by Crippen LogP contribution is -2.47. The first-order valence-electron chi connectivity index (χ1n) is 12.1. The third kappa shape index (κ3) is 6.66. The Balaban J connectivity index is 0.00000253. The number of halogens is 2.